The Hall–Kier alpha value is -1.84. The van der Waals surface area contributed by atoms with Gasteiger partial charge >= 0.3 is 0 Å². The Bertz CT molecular complexity index is 859. The highest BCUT2D eigenvalue weighted by Crippen LogP contribution is 2.23. The van der Waals surface area contributed by atoms with Gasteiger partial charge in [-0.2, -0.15) is 0 Å². The number of nitrogens with one attached hydrogen (secondary N) is 1. The van der Waals surface area contributed by atoms with Gasteiger partial charge in [-0.1, -0.05) is 12.1 Å². The number of hydrogen-bond donors (Lipinski definition) is 1. The summed E-state index contributed by atoms with van der Waals surface area (Å²) >= 11 is 0. The zero-order valence-corrected chi connectivity index (χ0v) is 19.4. The molecule has 1 fully saturated rings. The normalized spacial score (nSPS) is 15.1. The van der Waals surface area contributed by atoms with E-state index in [1.54, 1.807) is 0 Å². The molecule has 0 spiro atoms. The zero-order valence-electron chi connectivity index (χ0n) is 17.2. The monoisotopic (exact) mass is 528 g/mol. The molecule has 0 atom stereocenters. The number of quaternary nitrogens is 1. The van der Waals surface area contributed by atoms with Crippen LogP contribution in [0.3, 0.4) is 0 Å². The molecule has 3 rings (SSSR count). The molecule has 1 aliphatic rings. The van der Waals surface area contributed by atoms with E-state index >= 15 is 0 Å². The van der Waals surface area contributed by atoms with Crippen LogP contribution in [0.25, 0.3) is 6.08 Å². The first kappa shape index (κ1) is 24.4. The van der Waals surface area contributed by atoms with Crippen molar-refractivity contribution in [2.24, 2.45) is 0 Å². The van der Waals surface area contributed by atoms with Gasteiger partial charge in [0.2, 0.25) is 5.91 Å². The maximum absolute atomic E-state index is 13.2. The van der Waals surface area contributed by atoms with Crippen molar-refractivity contribution in [2.45, 2.75) is 25.4 Å². The highest BCUT2D eigenvalue weighted by molar-refractivity contribution is 6.01. The van der Waals surface area contributed by atoms with Gasteiger partial charge in [0.25, 0.3) is 0 Å². The third-order valence-electron chi connectivity index (χ3n) is 5.30. The van der Waals surface area contributed by atoms with Crippen LogP contribution in [0.15, 0.2) is 48.5 Å². The predicted molar refractivity (Wildman–Crippen MR) is 110 cm³/mol. The average molecular weight is 528 g/mol. The molecule has 0 aliphatic carbocycles. The number of hydrogen-bond acceptors (Lipinski definition) is 2. The van der Waals surface area contributed by atoms with E-state index < -0.39 is 11.6 Å². The summed E-state index contributed by atoms with van der Waals surface area (Å²) < 4.78 is 32.8. The van der Waals surface area contributed by atoms with Crippen LogP contribution in [-0.2, 0) is 16.1 Å². The summed E-state index contributed by atoms with van der Waals surface area (Å²) in [6, 6.07) is 11.5. The molecule has 2 aromatic rings. The minimum Gasteiger partial charge on any atom is -1.00 e. The van der Waals surface area contributed by atoms with Crippen molar-refractivity contribution < 1.29 is 46.8 Å². The molecule has 162 valence electrons. The molecule has 0 saturated carbocycles. The number of benzene rings is 2. The lowest BCUT2D eigenvalue weighted by Gasteiger charge is -2.40. The Kier molecular flexibility index (Phi) is 8.93. The van der Waals surface area contributed by atoms with Crippen LogP contribution in [0.5, 0.6) is 0 Å². The zero-order chi connectivity index (χ0) is 20.9. The second-order valence-electron chi connectivity index (χ2n) is 8.00. The summed E-state index contributed by atoms with van der Waals surface area (Å²) in [5, 5.41) is 2.76. The lowest BCUT2D eigenvalue weighted by atomic mass is 10.0. The van der Waals surface area contributed by atoms with E-state index in [2.05, 4.69) is 19.4 Å². The van der Waals surface area contributed by atoms with Crippen LogP contribution in [0.4, 0.5) is 14.5 Å². The molecule has 0 aromatic heterocycles. The minimum absolute atomic E-state index is 0. The van der Waals surface area contributed by atoms with Crippen molar-refractivity contribution in [1.29, 1.82) is 0 Å². The summed E-state index contributed by atoms with van der Waals surface area (Å²) in [6.45, 7) is 2.56. The standard InChI is InChI=1S/C23H26F2N2O2.HI/c1-27(2,22-9-11-29-12-10-22)16-17-3-6-21(7-4-17)26-23(28)8-5-18-13-19(24)15-20(25)14-18;/h3-8,13-15,22H,9-12,16H2,1-2H3;1H. The van der Waals surface area contributed by atoms with Gasteiger partial charge in [0.1, 0.15) is 18.2 Å². The smallest absolute Gasteiger partial charge is 0.248 e. The summed E-state index contributed by atoms with van der Waals surface area (Å²) in [5.74, 6) is -1.72. The highest BCUT2D eigenvalue weighted by Gasteiger charge is 2.30. The van der Waals surface area contributed by atoms with Crippen molar-refractivity contribution in [3.8, 4) is 0 Å². The fraction of sp³-hybridized carbons (Fsp3) is 0.348. The van der Waals surface area contributed by atoms with Crippen LogP contribution < -0.4 is 29.3 Å². The number of nitrogens with zero attached hydrogens (tertiary/aromatic N) is 1. The number of anilines is 1. The Morgan fingerprint density at radius 3 is 2.30 bits per heavy atom. The minimum atomic E-state index is -0.678. The van der Waals surface area contributed by atoms with Crippen molar-refractivity contribution in [1.82, 2.24) is 0 Å². The fourth-order valence-corrected chi connectivity index (χ4v) is 3.70. The van der Waals surface area contributed by atoms with Gasteiger partial charge in [0, 0.05) is 36.2 Å². The topological polar surface area (TPSA) is 38.3 Å². The molecule has 30 heavy (non-hydrogen) atoms. The molecule has 7 heteroatoms. The first-order valence-corrected chi connectivity index (χ1v) is 9.76. The summed E-state index contributed by atoms with van der Waals surface area (Å²) in [4.78, 5) is 12.1. The lowest BCUT2D eigenvalue weighted by molar-refractivity contribution is -0.929. The lowest BCUT2D eigenvalue weighted by Crippen LogP contribution is -3.00. The average Bonchev–Trinajstić information content (AvgIpc) is 2.68. The molecular formula is C23H27F2IN2O2. The second-order valence-corrected chi connectivity index (χ2v) is 8.00. The Labute approximate surface area is 193 Å². The Balaban J connectivity index is 0.00000320. The molecule has 0 bridgehead atoms. The Morgan fingerprint density at radius 1 is 1.10 bits per heavy atom. The van der Waals surface area contributed by atoms with E-state index in [0.717, 1.165) is 43.1 Å². The number of carbonyl (C=O) groups is 1. The number of carbonyl (C=O) groups excluding carboxylic acids is 1. The number of ether oxygens (including phenoxy) is 1. The molecule has 1 amide bonds. The molecular weight excluding hydrogens is 501 g/mol. The summed E-state index contributed by atoms with van der Waals surface area (Å²) in [7, 11) is 4.48. The molecule has 2 aromatic carbocycles. The van der Waals surface area contributed by atoms with Gasteiger partial charge in [0.05, 0.1) is 33.4 Å². The summed E-state index contributed by atoms with van der Waals surface area (Å²) in [5.41, 5.74) is 2.16. The first-order valence-electron chi connectivity index (χ1n) is 9.76. The molecule has 4 nitrogen and oxygen atoms in total. The first-order chi connectivity index (χ1) is 13.8. The van der Waals surface area contributed by atoms with E-state index in [1.165, 1.54) is 29.8 Å². The quantitative estimate of drug-likeness (QED) is 0.350. The highest BCUT2D eigenvalue weighted by atomic mass is 127. The third-order valence-corrected chi connectivity index (χ3v) is 5.30. The van der Waals surface area contributed by atoms with Crippen LogP contribution in [0, 0.1) is 11.6 Å². The molecule has 0 unspecified atom stereocenters. The van der Waals surface area contributed by atoms with Gasteiger partial charge in [-0.05, 0) is 35.9 Å². The second kappa shape index (κ2) is 11.0. The molecule has 0 radical (unpaired) electrons. The van der Waals surface area contributed by atoms with Crippen LogP contribution in [-0.4, -0.2) is 43.7 Å². The van der Waals surface area contributed by atoms with Crippen molar-refractivity contribution in [2.75, 3.05) is 32.6 Å². The predicted octanol–water partition coefficient (Wildman–Crippen LogP) is 1.38. The fourth-order valence-electron chi connectivity index (χ4n) is 3.70. The van der Waals surface area contributed by atoms with Crippen molar-refractivity contribution in [3.63, 3.8) is 0 Å². The van der Waals surface area contributed by atoms with Gasteiger partial charge in [0.15, 0.2) is 0 Å². The van der Waals surface area contributed by atoms with Gasteiger partial charge in [-0.25, -0.2) is 8.78 Å². The Morgan fingerprint density at radius 2 is 1.70 bits per heavy atom. The van der Waals surface area contributed by atoms with Crippen LogP contribution in [0.1, 0.15) is 24.0 Å². The number of halogens is 3. The van der Waals surface area contributed by atoms with Crippen molar-refractivity contribution >= 4 is 17.7 Å². The number of amides is 1. The maximum atomic E-state index is 13.2. The molecule has 1 saturated heterocycles. The number of rotatable bonds is 6. The van der Waals surface area contributed by atoms with E-state index in [4.69, 9.17) is 4.74 Å². The van der Waals surface area contributed by atoms with Crippen LogP contribution >= 0.6 is 0 Å². The van der Waals surface area contributed by atoms with Gasteiger partial charge in [-0.15, -0.1) is 0 Å². The third kappa shape index (κ3) is 7.14. The molecule has 1 aliphatic heterocycles. The van der Waals surface area contributed by atoms with E-state index in [9.17, 15) is 13.6 Å². The van der Waals surface area contributed by atoms with Gasteiger partial charge in [-0.3, -0.25) is 4.79 Å². The maximum Gasteiger partial charge on any atom is 0.248 e. The summed E-state index contributed by atoms with van der Waals surface area (Å²) in [6.07, 6.45) is 4.78. The van der Waals surface area contributed by atoms with Crippen LogP contribution in [0.2, 0.25) is 0 Å². The molecule has 1 heterocycles. The van der Waals surface area contributed by atoms with E-state index in [0.29, 0.717) is 17.3 Å². The van der Waals surface area contributed by atoms with Crippen molar-refractivity contribution in [3.05, 3.63) is 71.3 Å². The van der Waals surface area contributed by atoms with E-state index in [-0.39, 0.29) is 29.9 Å². The molecule has 1 N–H and O–H groups in total. The SMILES string of the molecule is C[N+](C)(Cc1ccc(NC(=O)C=Cc2cc(F)cc(F)c2)cc1)C1CCOCC1.[I-]. The largest absolute Gasteiger partial charge is 1.00 e. The van der Waals surface area contributed by atoms with E-state index in [1.807, 2.05) is 24.3 Å². The van der Waals surface area contributed by atoms with Gasteiger partial charge < -0.3 is 38.5 Å².